The van der Waals surface area contributed by atoms with Gasteiger partial charge in [0.25, 0.3) is 0 Å². The lowest BCUT2D eigenvalue weighted by Gasteiger charge is -2.04. The molecule has 8 heteroatoms. The average molecular weight is 411 g/mol. The molecule has 0 spiro atoms. The Hall–Kier alpha value is -0.180. The highest BCUT2D eigenvalue weighted by Crippen LogP contribution is 2.12. The summed E-state index contributed by atoms with van der Waals surface area (Å²) < 4.78 is 9.79. The van der Waals surface area contributed by atoms with Gasteiger partial charge in [-0.1, -0.05) is 13.2 Å². The molecule has 0 N–H and O–H groups in total. The molecule has 0 aliphatic carbocycles. The van der Waals surface area contributed by atoms with Crippen LogP contribution in [0.25, 0.3) is 0 Å². The van der Waals surface area contributed by atoms with E-state index in [1.54, 1.807) is 23.5 Å². The van der Waals surface area contributed by atoms with Crippen molar-refractivity contribution in [1.82, 2.24) is 0 Å². The van der Waals surface area contributed by atoms with Crippen molar-refractivity contribution in [2.45, 2.75) is 0 Å². The van der Waals surface area contributed by atoms with E-state index in [0.717, 1.165) is 46.0 Å². The Balaban J connectivity index is 3.07. The van der Waals surface area contributed by atoms with Crippen LogP contribution < -0.4 is 0 Å². The third kappa shape index (κ3) is 18.2. The number of esters is 2. The van der Waals surface area contributed by atoms with Gasteiger partial charge in [-0.2, -0.15) is 47.0 Å². The van der Waals surface area contributed by atoms with Gasteiger partial charge in [-0.3, -0.25) is 0 Å². The summed E-state index contributed by atoms with van der Waals surface area (Å²) >= 11 is 7.53. The van der Waals surface area contributed by atoms with E-state index in [1.807, 2.05) is 23.5 Å². The zero-order chi connectivity index (χ0) is 17.9. The third-order valence-corrected chi connectivity index (χ3v) is 7.04. The summed E-state index contributed by atoms with van der Waals surface area (Å²) in [6.45, 7) is 7.62. The van der Waals surface area contributed by atoms with Crippen LogP contribution in [-0.4, -0.2) is 71.2 Å². The molecule has 4 nitrogen and oxygen atoms in total. The number of rotatable bonds is 17. The van der Waals surface area contributed by atoms with E-state index < -0.39 is 0 Å². The normalized spacial score (nSPS) is 10.2. The van der Waals surface area contributed by atoms with Gasteiger partial charge in [-0.15, -0.1) is 0 Å². The average Bonchev–Trinajstić information content (AvgIpc) is 2.60. The van der Waals surface area contributed by atoms with Gasteiger partial charge in [-0.25, -0.2) is 9.59 Å². The fourth-order valence-corrected chi connectivity index (χ4v) is 5.33. The Bertz CT molecular complexity index is 330. The van der Waals surface area contributed by atoms with E-state index >= 15 is 0 Å². The SMILES string of the molecule is C=CC(=O)OCCSCCSCCSCCSCCOC(=O)C=C. The molecule has 0 fully saturated rings. The Kier molecular flexibility index (Phi) is 19.0. The molecule has 0 bridgehead atoms. The minimum absolute atomic E-state index is 0.349. The molecule has 24 heavy (non-hydrogen) atoms. The van der Waals surface area contributed by atoms with Gasteiger partial charge in [0, 0.05) is 58.2 Å². The van der Waals surface area contributed by atoms with Crippen molar-refractivity contribution < 1.29 is 19.1 Å². The van der Waals surface area contributed by atoms with Crippen LogP contribution in [0, 0.1) is 0 Å². The summed E-state index contributed by atoms with van der Waals surface area (Å²) in [5, 5.41) is 0. The number of hydrogen-bond acceptors (Lipinski definition) is 8. The molecule has 0 unspecified atom stereocenters. The van der Waals surface area contributed by atoms with Crippen LogP contribution >= 0.6 is 47.0 Å². The van der Waals surface area contributed by atoms with Crippen LogP contribution in [0.3, 0.4) is 0 Å². The minimum atomic E-state index is -0.349. The van der Waals surface area contributed by atoms with E-state index in [9.17, 15) is 9.59 Å². The zero-order valence-electron chi connectivity index (χ0n) is 13.9. The molecular formula is C16H26O4S4. The molecule has 0 rings (SSSR count). The molecule has 0 aliphatic heterocycles. The maximum atomic E-state index is 10.8. The number of carbonyl (C=O) groups is 2. The molecule has 0 heterocycles. The highest BCUT2D eigenvalue weighted by atomic mass is 32.2. The van der Waals surface area contributed by atoms with Gasteiger partial charge in [0.15, 0.2) is 0 Å². The van der Waals surface area contributed by atoms with Crippen LogP contribution in [0.15, 0.2) is 25.3 Å². The lowest BCUT2D eigenvalue weighted by atomic mass is 10.6. The van der Waals surface area contributed by atoms with Crippen molar-refractivity contribution >= 4 is 59.0 Å². The number of hydrogen-bond donors (Lipinski definition) is 0. The molecule has 0 aromatic carbocycles. The predicted molar refractivity (Wildman–Crippen MR) is 112 cm³/mol. The van der Waals surface area contributed by atoms with Crippen molar-refractivity contribution in [1.29, 1.82) is 0 Å². The smallest absolute Gasteiger partial charge is 0.330 e. The Labute approximate surface area is 162 Å². The molecule has 0 saturated carbocycles. The van der Waals surface area contributed by atoms with Gasteiger partial charge in [0.05, 0.1) is 0 Å². The molecule has 138 valence electrons. The number of ether oxygens (including phenoxy) is 2. The third-order valence-electron chi connectivity index (χ3n) is 2.39. The minimum Gasteiger partial charge on any atom is -0.462 e. The van der Waals surface area contributed by atoms with Crippen LogP contribution in [0.4, 0.5) is 0 Å². The van der Waals surface area contributed by atoms with Gasteiger partial charge in [0.1, 0.15) is 13.2 Å². The lowest BCUT2D eigenvalue weighted by molar-refractivity contribution is -0.138. The molecule has 0 aliphatic rings. The Morgan fingerprint density at radius 1 is 0.625 bits per heavy atom. The fourth-order valence-electron chi connectivity index (χ4n) is 1.28. The van der Waals surface area contributed by atoms with Crippen LogP contribution in [-0.2, 0) is 19.1 Å². The highest BCUT2D eigenvalue weighted by Gasteiger charge is 1.97. The van der Waals surface area contributed by atoms with Crippen molar-refractivity contribution in [2.75, 3.05) is 59.2 Å². The van der Waals surface area contributed by atoms with Gasteiger partial charge >= 0.3 is 11.9 Å². The van der Waals surface area contributed by atoms with E-state index in [-0.39, 0.29) is 11.9 Å². The maximum Gasteiger partial charge on any atom is 0.330 e. The molecule has 0 amide bonds. The first kappa shape index (κ1) is 23.8. The molecule has 0 radical (unpaired) electrons. The second kappa shape index (κ2) is 19.1. The van der Waals surface area contributed by atoms with Gasteiger partial charge in [0.2, 0.25) is 0 Å². The highest BCUT2D eigenvalue weighted by molar-refractivity contribution is 8.05. The standard InChI is InChI=1S/C16H26O4S4/c1-3-15(17)19-5-7-21-9-11-23-13-14-24-12-10-22-8-6-20-16(18)4-2/h3-4H,1-2,5-14H2. The summed E-state index contributed by atoms with van der Waals surface area (Å²) in [6, 6.07) is 0. The van der Waals surface area contributed by atoms with Crippen LogP contribution in [0.1, 0.15) is 0 Å². The van der Waals surface area contributed by atoms with Gasteiger partial charge < -0.3 is 9.47 Å². The Morgan fingerprint density at radius 2 is 0.917 bits per heavy atom. The van der Waals surface area contributed by atoms with Gasteiger partial charge in [-0.05, 0) is 0 Å². The predicted octanol–water partition coefficient (Wildman–Crippen LogP) is 3.38. The van der Waals surface area contributed by atoms with Crippen molar-refractivity contribution in [3.8, 4) is 0 Å². The summed E-state index contributed by atoms with van der Waals surface area (Å²) in [5.41, 5.74) is 0. The Morgan fingerprint density at radius 3 is 1.21 bits per heavy atom. The van der Waals surface area contributed by atoms with Crippen molar-refractivity contribution in [2.24, 2.45) is 0 Å². The number of carbonyl (C=O) groups excluding carboxylic acids is 2. The topological polar surface area (TPSA) is 52.6 Å². The monoisotopic (exact) mass is 410 g/mol. The van der Waals surface area contributed by atoms with E-state index in [0.29, 0.717) is 13.2 Å². The second-order valence-corrected chi connectivity index (χ2v) is 9.09. The second-order valence-electron chi connectivity index (χ2n) is 4.19. The number of thioether (sulfide) groups is 4. The molecule has 0 atom stereocenters. The zero-order valence-corrected chi connectivity index (χ0v) is 17.2. The van der Waals surface area contributed by atoms with Crippen LogP contribution in [0.2, 0.25) is 0 Å². The quantitative estimate of drug-likeness (QED) is 0.205. The van der Waals surface area contributed by atoms with Crippen LogP contribution in [0.5, 0.6) is 0 Å². The van der Waals surface area contributed by atoms with E-state index in [4.69, 9.17) is 9.47 Å². The molecule has 0 saturated heterocycles. The van der Waals surface area contributed by atoms with E-state index in [2.05, 4.69) is 13.2 Å². The van der Waals surface area contributed by atoms with Crippen molar-refractivity contribution in [3.05, 3.63) is 25.3 Å². The molecule has 0 aromatic rings. The maximum absolute atomic E-state index is 10.8. The first-order chi connectivity index (χ1) is 11.7. The van der Waals surface area contributed by atoms with E-state index in [1.165, 1.54) is 12.2 Å². The lowest BCUT2D eigenvalue weighted by Crippen LogP contribution is -2.04. The summed E-state index contributed by atoms with van der Waals surface area (Å²) in [4.78, 5) is 21.6. The summed E-state index contributed by atoms with van der Waals surface area (Å²) in [7, 11) is 0. The summed E-state index contributed by atoms with van der Waals surface area (Å²) in [6.07, 6.45) is 2.38. The summed E-state index contributed by atoms with van der Waals surface area (Å²) in [5.74, 6) is 7.74. The molecular weight excluding hydrogens is 384 g/mol. The first-order valence-corrected chi connectivity index (χ1v) is 12.2. The largest absolute Gasteiger partial charge is 0.462 e. The molecule has 0 aromatic heterocycles. The van der Waals surface area contributed by atoms with Crippen molar-refractivity contribution in [3.63, 3.8) is 0 Å². The first-order valence-electron chi connectivity index (χ1n) is 7.60. The fraction of sp³-hybridized carbons (Fsp3) is 0.625.